The Bertz CT molecular complexity index is 1290. The Balaban J connectivity index is 1.51. The fourth-order valence-corrected chi connectivity index (χ4v) is 3.45. The van der Waals surface area contributed by atoms with E-state index in [2.05, 4.69) is 56.6 Å². The molecular formula is C21H22BrN9O3. The average molecular weight is 528 g/mol. The minimum Gasteiger partial charge on any atom is -0.455 e. The highest BCUT2D eigenvalue weighted by Crippen LogP contribution is 2.23. The summed E-state index contributed by atoms with van der Waals surface area (Å²) in [5, 5.41) is 19.4. The summed E-state index contributed by atoms with van der Waals surface area (Å²) < 4.78 is 12.8. The number of nitrogens with two attached hydrogens (primary N) is 1. The van der Waals surface area contributed by atoms with Gasteiger partial charge >= 0.3 is 0 Å². The van der Waals surface area contributed by atoms with Crippen molar-refractivity contribution in [1.29, 1.82) is 0 Å². The van der Waals surface area contributed by atoms with Crippen molar-refractivity contribution in [2.45, 2.75) is 20.4 Å². The molecule has 0 bridgehead atoms. The number of amides is 1. The highest BCUT2D eigenvalue weighted by Gasteiger charge is 2.25. The van der Waals surface area contributed by atoms with Gasteiger partial charge in [-0.1, -0.05) is 47.1 Å². The van der Waals surface area contributed by atoms with Crippen LogP contribution in [0.15, 0.2) is 55.0 Å². The number of anilines is 1. The second-order valence-corrected chi connectivity index (χ2v) is 8.05. The van der Waals surface area contributed by atoms with E-state index in [0.29, 0.717) is 23.8 Å². The molecule has 0 saturated carbocycles. The van der Waals surface area contributed by atoms with Crippen molar-refractivity contribution in [1.82, 2.24) is 35.6 Å². The van der Waals surface area contributed by atoms with Gasteiger partial charge in [0, 0.05) is 16.6 Å². The number of nitrogens with one attached hydrogen (secondary N) is 1. The molecule has 4 rings (SSSR count). The number of hydrazone groups is 1. The van der Waals surface area contributed by atoms with Crippen molar-refractivity contribution in [3.63, 3.8) is 0 Å². The number of rotatable bonds is 9. The third-order valence-electron chi connectivity index (χ3n) is 5.06. The highest BCUT2D eigenvalue weighted by molar-refractivity contribution is 9.10. The van der Waals surface area contributed by atoms with Gasteiger partial charge in [-0.25, -0.2) is 10.1 Å². The molecule has 34 heavy (non-hydrogen) atoms. The summed E-state index contributed by atoms with van der Waals surface area (Å²) in [6, 6.07) is 11.3. The van der Waals surface area contributed by atoms with Crippen LogP contribution >= 0.6 is 15.9 Å². The van der Waals surface area contributed by atoms with Crippen LogP contribution in [0, 0.1) is 0 Å². The minimum atomic E-state index is -0.542. The van der Waals surface area contributed by atoms with Crippen LogP contribution in [0.25, 0.3) is 17.1 Å². The SMILES string of the molecule is CCN(CC)Cc1c(C(=O)NN=Cc2ccc(-c3ccc(Br)cc3)o2)nnn1-c1nonc1N. The van der Waals surface area contributed by atoms with E-state index >= 15 is 0 Å². The standard InChI is InChI=1S/C21H22BrN9O3/c1-3-30(4-2)12-16-18(25-29-31(16)20-19(23)27-34-28-20)21(32)26-24-11-15-9-10-17(33-15)13-5-7-14(22)8-6-13/h5-11H,3-4,12H2,1-2H3,(H2,23,27)(H,26,32). The lowest BCUT2D eigenvalue weighted by atomic mass is 10.2. The van der Waals surface area contributed by atoms with Crippen LogP contribution in [-0.2, 0) is 6.54 Å². The van der Waals surface area contributed by atoms with Crippen molar-refractivity contribution >= 4 is 33.9 Å². The van der Waals surface area contributed by atoms with Crippen LogP contribution in [0.3, 0.4) is 0 Å². The van der Waals surface area contributed by atoms with Gasteiger partial charge in [0.1, 0.15) is 11.5 Å². The molecule has 3 heterocycles. The molecule has 13 heteroatoms. The maximum Gasteiger partial charge on any atom is 0.293 e. The molecular weight excluding hydrogens is 506 g/mol. The molecule has 0 unspecified atom stereocenters. The molecule has 0 fully saturated rings. The Morgan fingerprint density at radius 1 is 1.21 bits per heavy atom. The molecule has 0 saturated heterocycles. The summed E-state index contributed by atoms with van der Waals surface area (Å²) in [7, 11) is 0. The lowest BCUT2D eigenvalue weighted by Crippen LogP contribution is -2.27. The first-order chi connectivity index (χ1) is 16.5. The number of benzene rings is 1. The van der Waals surface area contributed by atoms with E-state index in [-0.39, 0.29) is 17.3 Å². The van der Waals surface area contributed by atoms with Gasteiger partial charge in [0.05, 0.1) is 11.9 Å². The number of halogens is 1. The zero-order valence-corrected chi connectivity index (χ0v) is 20.1. The molecule has 0 spiro atoms. The summed E-state index contributed by atoms with van der Waals surface area (Å²) in [5.74, 6) is 0.818. The lowest BCUT2D eigenvalue weighted by Gasteiger charge is -2.18. The highest BCUT2D eigenvalue weighted by atomic mass is 79.9. The third-order valence-corrected chi connectivity index (χ3v) is 5.58. The van der Waals surface area contributed by atoms with Gasteiger partial charge in [-0.15, -0.1) is 5.10 Å². The van der Waals surface area contributed by atoms with Gasteiger partial charge in [-0.2, -0.15) is 9.78 Å². The van der Waals surface area contributed by atoms with E-state index < -0.39 is 5.91 Å². The average Bonchev–Trinajstić information content (AvgIpc) is 3.57. The molecule has 0 atom stereocenters. The van der Waals surface area contributed by atoms with Crippen molar-refractivity contribution in [2.75, 3.05) is 18.8 Å². The monoisotopic (exact) mass is 527 g/mol. The number of hydrogen-bond donors (Lipinski definition) is 2. The number of aromatic nitrogens is 5. The second kappa shape index (κ2) is 10.4. The number of nitrogens with zero attached hydrogens (tertiary/aromatic N) is 7. The molecule has 1 aromatic carbocycles. The fraction of sp³-hybridized carbons (Fsp3) is 0.238. The summed E-state index contributed by atoms with van der Waals surface area (Å²) in [6.07, 6.45) is 1.41. The topological polar surface area (TPSA) is 153 Å². The summed E-state index contributed by atoms with van der Waals surface area (Å²) >= 11 is 3.41. The molecule has 4 aromatic rings. The number of hydrogen-bond acceptors (Lipinski definition) is 10. The molecule has 176 valence electrons. The maximum atomic E-state index is 12.9. The van der Waals surface area contributed by atoms with Gasteiger partial charge in [0.15, 0.2) is 5.69 Å². The van der Waals surface area contributed by atoms with Gasteiger partial charge in [-0.05, 0) is 47.7 Å². The predicted octanol–water partition coefficient (Wildman–Crippen LogP) is 2.86. The fourth-order valence-electron chi connectivity index (χ4n) is 3.19. The first kappa shape index (κ1) is 23.3. The number of nitrogen functional groups attached to an aromatic ring is 1. The van der Waals surface area contributed by atoms with Crippen molar-refractivity contribution in [3.8, 4) is 17.1 Å². The van der Waals surface area contributed by atoms with Gasteiger partial charge in [0.2, 0.25) is 11.6 Å². The van der Waals surface area contributed by atoms with E-state index in [0.717, 1.165) is 23.1 Å². The molecule has 0 aliphatic rings. The smallest absolute Gasteiger partial charge is 0.293 e. The van der Waals surface area contributed by atoms with Crippen LogP contribution < -0.4 is 11.2 Å². The Morgan fingerprint density at radius 2 is 1.97 bits per heavy atom. The molecule has 0 aliphatic carbocycles. The first-order valence-electron chi connectivity index (χ1n) is 10.4. The largest absolute Gasteiger partial charge is 0.455 e. The lowest BCUT2D eigenvalue weighted by molar-refractivity contribution is 0.0948. The number of furan rings is 1. The zero-order chi connectivity index (χ0) is 24.1. The number of carbonyl (C=O) groups excluding carboxylic acids is 1. The van der Waals surface area contributed by atoms with Crippen LogP contribution in [0.1, 0.15) is 35.8 Å². The maximum absolute atomic E-state index is 12.9. The minimum absolute atomic E-state index is 0.0371. The molecule has 1 amide bonds. The molecule has 0 radical (unpaired) electrons. The molecule has 3 N–H and O–H groups in total. The Kier molecular flexibility index (Phi) is 7.13. The first-order valence-corrected chi connectivity index (χ1v) is 11.2. The van der Waals surface area contributed by atoms with E-state index in [1.54, 1.807) is 6.07 Å². The van der Waals surface area contributed by atoms with E-state index in [9.17, 15) is 4.79 Å². The molecule has 3 aromatic heterocycles. The van der Waals surface area contributed by atoms with E-state index in [1.165, 1.54) is 10.9 Å². The summed E-state index contributed by atoms with van der Waals surface area (Å²) in [4.78, 5) is 14.9. The van der Waals surface area contributed by atoms with E-state index in [4.69, 9.17) is 10.2 Å². The van der Waals surface area contributed by atoms with Gasteiger partial charge in [0.25, 0.3) is 5.91 Å². The van der Waals surface area contributed by atoms with Crippen molar-refractivity contribution < 1.29 is 13.8 Å². The predicted molar refractivity (Wildman–Crippen MR) is 127 cm³/mol. The van der Waals surface area contributed by atoms with Crippen molar-refractivity contribution in [3.05, 3.63) is 58.0 Å². The number of carbonyl (C=O) groups is 1. The second-order valence-electron chi connectivity index (χ2n) is 7.14. The zero-order valence-electron chi connectivity index (χ0n) is 18.5. The third kappa shape index (κ3) is 5.05. The van der Waals surface area contributed by atoms with Crippen LogP contribution in [0.2, 0.25) is 0 Å². The Labute approximate surface area is 202 Å². The van der Waals surface area contributed by atoms with Crippen LogP contribution in [-0.4, -0.2) is 55.4 Å². The summed E-state index contributed by atoms with van der Waals surface area (Å²) in [6.45, 7) is 5.92. The van der Waals surface area contributed by atoms with Crippen molar-refractivity contribution in [2.24, 2.45) is 5.10 Å². The Morgan fingerprint density at radius 3 is 2.65 bits per heavy atom. The van der Waals surface area contributed by atoms with Gasteiger partial charge in [-0.3, -0.25) is 9.69 Å². The van der Waals surface area contributed by atoms with Crippen LogP contribution in [0.4, 0.5) is 5.82 Å². The Hall–Kier alpha value is -3.84. The quantitative estimate of drug-likeness (QED) is 0.247. The molecule has 0 aliphatic heterocycles. The van der Waals surface area contributed by atoms with E-state index in [1.807, 2.05) is 44.2 Å². The molecule has 12 nitrogen and oxygen atoms in total. The van der Waals surface area contributed by atoms with Gasteiger partial charge < -0.3 is 10.2 Å². The normalized spacial score (nSPS) is 11.5. The summed E-state index contributed by atoms with van der Waals surface area (Å²) in [5.41, 5.74) is 9.77. The van der Waals surface area contributed by atoms with Crippen LogP contribution in [0.5, 0.6) is 0 Å².